The fourth-order valence-corrected chi connectivity index (χ4v) is 2.48. The first-order valence-electron chi connectivity index (χ1n) is 8.04. The maximum atomic E-state index is 2.78. The topological polar surface area (TPSA) is 3.24 Å². The number of hydrogen-bond donors (Lipinski definition) is 0. The molecule has 1 heteroatoms. The Bertz CT molecular complexity index is 136. The summed E-state index contributed by atoms with van der Waals surface area (Å²) in [6.45, 7) is 11.9. The highest BCUT2D eigenvalue weighted by atomic mass is 15.1. The quantitative estimate of drug-likeness (QED) is 0.451. The lowest BCUT2D eigenvalue weighted by Crippen LogP contribution is -2.36. The summed E-state index contributed by atoms with van der Waals surface area (Å²) in [6, 6.07) is 0.859. The minimum atomic E-state index is 0.859. The van der Waals surface area contributed by atoms with Gasteiger partial charge in [-0.25, -0.2) is 0 Å². The van der Waals surface area contributed by atoms with Gasteiger partial charge in [-0.05, 0) is 38.8 Å². The molecule has 0 rings (SSSR count). The van der Waals surface area contributed by atoms with Crippen molar-refractivity contribution < 1.29 is 0 Å². The van der Waals surface area contributed by atoms with E-state index < -0.39 is 0 Å². The average Bonchev–Trinajstić information content (AvgIpc) is 2.35. The van der Waals surface area contributed by atoms with Gasteiger partial charge >= 0.3 is 0 Å². The molecule has 0 spiro atoms. The van der Waals surface area contributed by atoms with Crippen molar-refractivity contribution in [1.82, 2.24) is 4.90 Å². The van der Waals surface area contributed by atoms with Crippen molar-refractivity contribution in [3.63, 3.8) is 0 Å². The molecule has 0 aromatic rings. The normalized spacial score (nSPS) is 13.2. The van der Waals surface area contributed by atoms with Crippen LogP contribution in [0.2, 0.25) is 0 Å². The lowest BCUT2D eigenvalue weighted by molar-refractivity contribution is 0.168. The third kappa shape index (κ3) is 8.65. The largest absolute Gasteiger partial charge is 0.300 e. The predicted octanol–water partition coefficient (Wildman–Crippen LogP) is 5.25. The minimum absolute atomic E-state index is 0.859. The van der Waals surface area contributed by atoms with Crippen molar-refractivity contribution in [2.45, 2.75) is 91.5 Å². The second-order valence-corrected chi connectivity index (χ2v) is 5.33. The summed E-state index contributed by atoms with van der Waals surface area (Å²) in [7, 11) is 0. The van der Waals surface area contributed by atoms with Crippen LogP contribution in [0.4, 0.5) is 0 Å². The molecular formula is C16H35N. The van der Waals surface area contributed by atoms with Gasteiger partial charge in [0, 0.05) is 6.04 Å². The molecule has 0 aromatic carbocycles. The van der Waals surface area contributed by atoms with Gasteiger partial charge in [-0.3, -0.25) is 0 Å². The Morgan fingerprint density at radius 2 is 1.18 bits per heavy atom. The molecule has 0 aliphatic rings. The first-order chi connectivity index (χ1) is 8.29. The van der Waals surface area contributed by atoms with Gasteiger partial charge in [-0.1, -0.05) is 59.8 Å². The van der Waals surface area contributed by atoms with Crippen molar-refractivity contribution in [2.75, 3.05) is 13.1 Å². The maximum Gasteiger partial charge on any atom is 0.00951 e. The van der Waals surface area contributed by atoms with Gasteiger partial charge in [0.25, 0.3) is 0 Å². The molecule has 0 fully saturated rings. The van der Waals surface area contributed by atoms with Crippen LogP contribution in [0.5, 0.6) is 0 Å². The SMILES string of the molecule is CCCCC(CCC)N(CCCC)CCCC. The van der Waals surface area contributed by atoms with Gasteiger partial charge in [-0.15, -0.1) is 0 Å². The molecule has 0 aliphatic carbocycles. The lowest BCUT2D eigenvalue weighted by Gasteiger charge is -2.32. The molecule has 1 unspecified atom stereocenters. The van der Waals surface area contributed by atoms with E-state index in [9.17, 15) is 0 Å². The Labute approximate surface area is 110 Å². The molecule has 0 heterocycles. The van der Waals surface area contributed by atoms with Crippen LogP contribution in [-0.2, 0) is 0 Å². The standard InChI is InChI=1S/C16H35N/c1-5-9-13-16(12-8-4)17(14-10-6-2)15-11-7-3/h16H,5-15H2,1-4H3. The maximum absolute atomic E-state index is 2.78. The summed E-state index contributed by atoms with van der Waals surface area (Å²) in [6.07, 6.45) is 12.3. The molecule has 0 saturated carbocycles. The van der Waals surface area contributed by atoms with Crippen molar-refractivity contribution in [3.05, 3.63) is 0 Å². The Hall–Kier alpha value is -0.0400. The first kappa shape index (κ1) is 17.0. The van der Waals surface area contributed by atoms with Crippen LogP contribution in [0.25, 0.3) is 0 Å². The summed E-state index contributed by atoms with van der Waals surface area (Å²) in [5, 5.41) is 0. The molecular weight excluding hydrogens is 206 g/mol. The zero-order chi connectivity index (χ0) is 12.9. The van der Waals surface area contributed by atoms with Crippen LogP contribution in [0.1, 0.15) is 85.5 Å². The third-order valence-corrected chi connectivity index (χ3v) is 3.63. The van der Waals surface area contributed by atoms with Crippen LogP contribution in [-0.4, -0.2) is 24.0 Å². The number of hydrogen-bond acceptors (Lipinski definition) is 1. The highest BCUT2D eigenvalue weighted by Gasteiger charge is 2.15. The predicted molar refractivity (Wildman–Crippen MR) is 79.6 cm³/mol. The van der Waals surface area contributed by atoms with E-state index in [1.54, 1.807) is 0 Å². The fourth-order valence-electron chi connectivity index (χ4n) is 2.48. The Kier molecular flexibility index (Phi) is 12.4. The summed E-state index contributed by atoms with van der Waals surface area (Å²) >= 11 is 0. The monoisotopic (exact) mass is 241 g/mol. The number of nitrogens with zero attached hydrogens (tertiary/aromatic N) is 1. The van der Waals surface area contributed by atoms with Crippen molar-refractivity contribution >= 4 is 0 Å². The molecule has 0 bridgehead atoms. The van der Waals surface area contributed by atoms with Crippen LogP contribution in [0.3, 0.4) is 0 Å². The van der Waals surface area contributed by atoms with E-state index in [2.05, 4.69) is 32.6 Å². The van der Waals surface area contributed by atoms with Gasteiger partial charge < -0.3 is 4.90 Å². The van der Waals surface area contributed by atoms with Gasteiger partial charge in [0.05, 0.1) is 0 Å². The smallest absolute Gasteiger partial charge is 0.00951 e. The van der Waals surface area contributed by atoms with Crippen LogP contribution in [0, 0.1) is 0 Å². The molecule has 0 aliphatic heterocycles. The molecule has 0 amide bonds. The Morgan fingerprint density at radius 1 is 0.647 bits per heavy atom. The Morgan fingerprint density at radius 3 is 1.59 bits per heavy atom. The highest BCUT2D eigenvalue weighted by molar-refractivity contribution is 4.71. The first-order valence-corrected chi connectivity index (χ1v) is 8.04. The van der Waals surface area contributed by atoms with Crippen LogP contribution in [0.15, 0.2) is 0 Å². The lowest BCUT2D eigenvalue weighted by atomic mass is 10.0. The molecule has 1 nitrogen and oxygen atoms in total. The van der Waals surface area contributed by atoms with E-state index in [0.29, 0.717) is 0 Å². The molecule has 1 atom stereocenters. The van der Waals surface area contributed by atoms with Gasteiger partial charge in [-0.2, -0.15) is 0 Å². The van der Waals surface area contributed by atoms with Crippen molar-refractivity contribution in [1.29, 1.82) is 0 Å². The van der Waals surface area contributed by atoms with E-state index in [0.717, 1.165) is 6.04 Å². The second kappa shape index (κ2) is 12.4. The van der Waals surface area contributed by atoms with E-state index in [4.69, 9.17) is 0 Å². The third-order valence-electron chi connectivity index (χ3n) is 3.63. The fraction of sp³-hybridized carbons (Fsp3) is 1.00. The van der Waals surface area contributed by atoms with E-state index in [1.165, 1.54) is 70.9 Å². The second-order valence-electron chi connectivity index (χ2n) is 5.33. The van der Waals surface area contributed by atoms with Gasteiger partial charge in [0.2, 0.25) is 0 Å². The minimum Gasteiger partial charge on any atom is -0.300 e. The van der Waals surface area contributed by atoms with E-state index in [-0.39, 0.29) is 0 Å². The highest BCUT2D eigenvalue weighted by Crippen LogP contribution is 2.16. The van der Waals surface area contributed by atoms with Gasteiger partial charge in [0.1, 0.15) is 0 Å². The summed E-state index contributed by atoms with van der Waals surface area (Å²) in [5.41, 5.74) is 0. The Balaban J connectivity index is 4.20. The van der Waals surface area contributed by atoms with Gasteiger partial charge in [0.15, 0.2) is 0 Å². The van der Waals surface area contributed by atoms with Crippen LogP contribution >= 0.6 is 0 Å². The van der Waals surface area contributed by atoms with E-state index >= 15 is 0 Å². The molecule has 0 N–H and O–H groups in total. The summed E-state index contributed by atoms with van der Waals surface area (Å²) in [5.74, 6) is 0. The number of rotatable bonds is 12. The summed E-state index contributed by atoms with van der Waals surface area (Å²) in [4.78, 5) is 2.78. The molecule has 0 aromatic heterocycles. The number of unbranched alkanes of at least 4 members (excludes halogenated alkanes) is 3. The molecule has 17 heavy (non-hydrogen) atoms. The molecule has 104 valence electrons. The van der Waals surface area contributed by atoms with Crippen molar-refractivity contribution in [2.24, 2.45) is 0 Å². The molecule has 0 radical (unpaired) electrons. The van der Waals surface area contributed by atoms with Crippen molar-refractivity contribution in [3.8, 4) is 0 Å². The average molecular weight is 241 g/mol. The van der Waals surface area contributed by atoms with E-state index in [1.807, 2.05) is 0 Å². The zero-order valence-corrected chi connectivity index (χ0v) is 12.8. The zero-order valence-electron chi connectivity index (χ0n) is 12.8. The molecule has 0 saturated heterocycles. The van der Waals surface area contributed by atoms with Crippen LogP contribution < -0.4 is 0 Å². The summed E-state index contributed by atoms with van der Waals surface area (Å²) < 4.78 is 0.